The van der Waals surface area contributed by atoms with E-state index in [1.807, 2.05) is 18.2 Å². The third kappa shape index (κ3) is 3.45. The van der Waals surface area contributed by atoms with Crippen LogP contribution in [0.15, 0.2) is 46.9 Å². The fraction of sp³-hybridized carbons (Fsp3) is 0.286. The zero-order valence-corrected chi connectivity index (χ0v) is 17.8. The zero-order valence-electron chi connectivity index (χ0n) is 15.4. The number of thioether (sulfide) groups is 1. The smallest absolute Gasteiger partial charge is 0.191 e. The Bertz CT molecular complexity index is 1130. The molecule has 0 N–H and O–H groups in total. The summed E-state index contributed by atoms with van der Waals surface area (Å²) < 4.78 is 2.33. The van der Waals surface area contributed by atoms with Gasteiger partial charge in [0, 0.05) is 28.5 Å². The van der Waals surface area contributed by atoms with Crippen LogP contribution in [0, 0.1) is 6.92 Å². The van der Waals surface area contributed by atoms with Crippen LogP contribution in [0.2, 0.25) is 5.02 Å². The third-order valence-corrected chi connectivity index (χ3v) is 7.38. The molecule has 0 atom stereocenters. The van der Waals surface area contributed by atoms with Crippen LogP contribution < -0.4 is 0 Å². The van der Waals surface area contributed by atoms with E-state index >= 15 is 0 Å². The van der Waals surface area contributed by atoms with Crippen molar-refractivity contribution in [3.63, 3.8) is 0 Å². The molecule has 0 aliphatic heterocycles. The minimum Gasteiger partial charge on any atom is -0.303 e. The SMILES string of the molecule is Cc1c(Cl)c(CSc2nnc(Cc3cccs3)n2C2CC2)nc2ccccc12. The van der Waals surface area contributed by atoms with E-state index in [1.54, 1.807) is 23.1 Å². The van der Waals surface area contributed by atoms with Crippen LogP contribution in [0.5, 0.6) is 0 Å². The van der Waals surface area contributed by atoms with Crippen LogP contribution in [0.3, 0.4) is 0 Å². The van der Waals surface area contributed by atoms with Crippen LogP contribution >= 0.6 is 34.7 Å². The summed E-state index contributed by atoms with van der Waals surface area (Å²) in [6.07, 6.45) is 3.25. The highest BCUT2D eigenvalue weighted by Crippen LogP contribution is 2.40. The standard InChI is InChI=1S/C21H19ClN4S2/c1-13-16-6-2-3-7-17(16)23-18(20(13)22)12-28-21-25-24-19(26(21)14-8-9-14)11-15-5-4-10-27-15/h2-7,10,14H,8-9,11-12H2,1H3. The molecule has 7 heteroatoms. The predicted octanol–water partition coefficient (Wildman–Crippen LogP) is 6.07. The summed E-state index contributed by atoms with van der Waals surface area (Å²) in [7, 11) is 0. The quantitative estimate of drug-likeness (QED) is 0.351. The molecule has 1 aliphatic carbocycles. The maximum Gasteiger partial charge on any atom is 0.191 e. The molecule has 3 aromatic heterocycles. The lowest BCUT2D eigenvalue weighted by molar-refractivity contribution is 0.635. The summed E-state index contributed by atoms with van der Waals surface area (Å²) in [4.78, 5) is 6.12. The van der Waals surface area contributed by atoms with Crippen molar-refractivity contribution in [2.24, 2.45) is 0 Å². The second kappa shape index (κ2) is 7.50. The second-order valence-corrected chi connectivity index (χ2v) is 9.41. The van der Waals surface area contributed by atoms with Crippen molar-refractivity contribution in [2.75, 3.05) is 0 Å². The molecule has 1 aromatic carbocycles. The molecule has 0 amide bonds. The summed E-state index contributed by atoms with van der Waals surface area (Å²) in [6, 6.07) is 12.9. The van der Waals surface area contributed by atoms with Gasteiger partial charge in [-0.25, -0.2) is 0 Å². The van der Waals surface area contributed by atoms with E-state index < -0.39 is 0 Å². The van der Waals surface area contributed by atoms with Crippen molar-refractivity contribution >= 4 is 45.6 Å². The highest BCUT2D eigenvalue weighted by atomic mass is 35.5. The second-order valence-electron chi connectivity index (χ2n) is 7.06. The number of fused-ring (bicyclic) bond motifs is 1. The number of thiophene rings is 1. The van der Waals surface area contributed by atoms with Crippen LogP contribution in [-0.4, -0.2) is 19.7 Å². The van der Waals surface area contributed by atoms with Crippen molar-refractivity contribution in [1.82, 2.24) is 19.7 Å². The van der Waals surface area contributed by atoms with Gasteiger partial charge in [-0.15, -0.1) is 21.5 Å². The molecule has 0 saturated heterocycles. The number of aromatic nitrogens is 4. The average Bonchev–Trinajstić information content (AvgIpc) is 3.26. The molecular formula is C21H19ClN4S2. The lowest BCUT2D eigenvalue weighted by atomic mass is 10.1. The van der Waals surface area contributed by atoms with Gasteiger partial charge in [0.05, 0.1) is 16.2 Å². The molecule has 5 rings (SSSR count). The average molecular weight is 427 g/mol. The van der Waals surface area contributed by atoms with Gasteiger partial charge in [0.25, 0.3) is 0 Å². The van der Waals surface area contributed by atoms with E-state index in [-0.39, 0.29) is 0 Å². The first kappa shape index (κ1) is 18.2. The molecule has 0 unspecified atom stereocenters. The number of benzene rings is 1. The van der Waals surface area contributed by atoms with Crippen LogP contribution in [-0.2, 0) is 12.2 Å². The molecule has 0 spiro atoms. The summed E-state index contributed by atoms with van der Waals surface area (Å²) in [6.45, 7) is 2.06. The molecule has 1 saturated carbocycles. The lowest BCUT2D eigenvalue weighted by Crippen LogP contribution is -2.04. The summed E-state index contributed by atoms with van der Waals surface area (Å²) in [5.74, 6) is 1.75. The Morgan fingerprint density at radius 2 is 2.04 bits per heavy atom. The summed E-state index contributed by atoms with van der Waals surface area (Å²) in [5.41, 5.74) is 2.99. The number of halogens is 1. The largest absolute Gasteiger partial charge is 0.303 e. The van der Waals surface area contributed by atoms with Crippen molar-refractivity contribution in [3.05, 3.63) is 68.8 Å². The Labute approximate surface area is 177 Å². The number of para-hydroxylation sites is 1. The van der Waals surface area contributed by atoms with Gasteiger partial charge in [-0.2, -0.15) is 0 Å². The number of hydrogen-bond donors (Lipinski definition) is 0. The lowest BCUT2D eigenvalue weighted by Gasteiger charge is -2.11. The van der Waals surface area contributed by atoms with E-state index in [4.69, 9.17) is 16.6 Å². The van der Waals surface area contributed by atoms with Crippen molar-refractivity contribution < 1.29 is 0 Å². The van der Waals surface area contributed by atoms with E-state index in [1.165, 1.54) is 17.7 Å². The minimum atomic E-state index is 0.536. The van der Waals surface area contributed by atoms with E-state index in [2.05, 4.69) is 45.3 Å². The van der Waals surface area contributed by atoms with Crippen molar-refractivity contribution in [2.45, 2.75) is 43.1 Å². The highest BCUT2D eigenvalue weighted by molar-refractivity contribution is 7.98. The summed E-state index contributed by atoms with van der Waals surface area (Å²) >= 11 is 10.1. The van der Waals surface area contributed by atoms with Gasteiger partial charge in [-0.1, -0.05) is 47.6 Å². The van der Waals surface area contributed by atoms with Gasteiger partial charge in [0.2, 0.25) is 0 Å². The van der Waals surface area contributed by atoms with E-state index in [0.29, 0.717) is 11.8 Å². The Morgan fingerprint density at radius 3 is 2.82 bits per heavy atom. The number of pyridine rings is 1. The molecule has 1 aliphatic rings. The molecule has 0 radical (unpaired) electrons. The van der Waals surface area contributed by atoms with Crippen LogP contribution in [0.25, 0.3) is 10.9 Å². The van der Waals surface area contributed by atoms with E-state index in [9.17, 15) is 0 Å². The maximum absolute atomic E-state index is 6.64. The van der Waals surface area contributed by atoms with Crippen LogP contribution in [0.1, 0.15) is 40.8 Å². The molecule has 1 fully saturated rings. The Hall–Kier alpha value is -1.89. The van der Waals surface area contributed by atoms with Gasteiger partial charge in [0.15, 0.2) is 5.16 Å². The number of rotatable bonds is 6. The first-order valence-corrected chi connectivity index (χ1v) is 11.6. The molecule has 3 heterocycles. The Balaban J connectivity index is 1.42. The Morgan fingerprint density at radius 1 is 1.18 bits per heavy atom. The van der Waals surface area contributed by atoms with Gasteiger partial charge in [-0.3, -0.25) is 4.98 Å². The number of nitrogens with zero attached hydrogens (tertiary/aromatic N) is 4. The summed E-state index contributed by atoms with van der Waals surface area (Å²) in [5, 5.41) is 13.9. The zero-order chi connectivity index (χ0) is 19.1. The topological polar surface area (TPSA) is 43.6 Å². The van der Waals surface area contributed by atoms with Gasteiger partial charge in [0.1, 0.15) is 5.82 Å². The molecule has 4 aromatic rings. The first-order valence-electron chi connectivity index (χ1n) is 9.33. The third-order valence-electron chi connectivity index (χ3n) is 5.04. The molecular weight excluding hydrogens is 408 g/mol. The highest BCUT2D eigenvalue weighted by Gasteiger charge is 2.30. The fourth-order valence-electron chi connectivity index (χ4n) is 3.44. The van der Waals surface area contributed by atoms with Gasteiger partial charge in [-0.05, 0) is 42.8 Å². The number of aryl methyl sites for hydroxylation is 1. The van der Waals surface area contributed by atoms with Crippen molar-refractivity contribution in [3.8, 4) is 0 Å². The predicted molar refractivity (Wildman–Crippen MR) is 116 cm³/mol. The van der Waals surface area contributed by atoms with E-state index in [0.717, 1.165) is 44.6 Å². The minimum absolute atomic E-state index is 0.536. The van der Waals surface area contributed by atoms with Gasteiger partial charge < -0.3 is 4.57 Å². The maximum atomic E-state index is 6.64. The fourth-order valence-corrected chi connectivity index (χ4v) is 5.40. The first-order chi connectivity index (χ1) is 13.7. The van der Waals surface area contributed by atoms with Gasteiger partial charge >= 0.3 is 0 Å². The molecule has 142 valence electrons. The van der Waals surface area contributed by atoms with Crippen LogP contribution in [0.4, 0.5) is 0 Å². The normalized spacial score (nSPS) is 14.1. The molecule has 28 heavy (non-hydrogen) atoms. The number of hydrogen-bond acceptors (Lipinski definition) is 5. The van der Waals surface area contributed by atoms with Crippen molar-refractivity contribution in [1.29, 1.82) is 0 Å². The Kier molecular flexibility index (Phi) is 4.87. The molecule has 0 bridgehead atoms. The monoisotopic (exact) mass is 426 g/mol. The molecule has 4 nitrogen and oxygen atoms in total.